The standard InChI is InChI=1S/C80H60N2O2/c1-49-43-51(33-39-71(49)81(55-35-41-77-65(47-55)63-23-11-17-29-75(63)83-77)73-27-15-9-19-57(73)53-31-37-61-59-21-7-13-25-67(59)79(3,4)69(61)45-53)52-34-40-72(50(2)44-52)82(56-36-42-78-66(48-56)64-24-12-18-30-76(64)84-78)74-28-16-10-20-58(74)54-32-38-62-60-22-8-14-26-68(60)80(5,6)70(62)46-54/h7-48H,1-6H3. The molecule has 0 saturated carbocycles. The minimum absolute atomic E-state index is 0.131. The number of fused-ring (bicyclic) bond motifs is 12. The maximum Gasteiger partial charge on any atom is 0.135 e. The number of nitrogens with zero attached hydrogens (tertiary/aromatic N) is 2. The van der Waals surface area contributed by atoms with Crippen LogP contribution in [0.15, 0.2) is 264 Å². The highest BCUT2D eigenvalue weighted by Gasteiger charge is 2.37. The second kappa shape index (κ2) is 18.7. The van der Waals surface area contributed by atoms with Gasteiger partial charge < -0.3 is 18.6 Å². The molecule has 0 amide bonds. The number of benzene rings is 12. The molecule has 12 aromatic carbocycles. The normalized spacial score (nSPS) is 13.5. The van der Waals surface area contributed by atoms with E-state index >= 15 is 0 Å². The van der Waals surface area contributed by atoms with Crippen LogP contribution in [0.5, 0.6) is 0 Å². The van der Waals surface area contributed by atoms with Crippen LogP contribution in [0.2, 0.25) is 0 Å². The van der Waals surface area contributed by atoms with Crippen molar-refractivity contribution in [3.63, 3.8) is 0 Å². The Morgan fingerprint density at radius 1 is 0.262 bits per heavy atom. The lowest BCUT2D eigenvalue weighted by Gasteiger charge is -2.30. The van der Waals surface area contributed by atoms with E-state index in [1.165, 1.54) is 55.6 Å². The second-order valence-electron chi connectivity index (χ2n) is 24.1. The molecule has 84 heavy (non-hydrogen) atoms. The molecule has 0 N–H and O–H groups in total. The molecule has 0 spiro atoms. The van der Waals surface area contributed by atoms with Crippen LogP contribution in [0.3, 0.4) is 0 Å². The average molecular weight is 1080 g/mol. The molecule has 0 unspecified atom stereocenters. The molecule has 14 aromatic rings. The maximum absolute atomic E-state index is 6.41. The van der Waals surface area contributed by atoms with Gasteiger partial charge in [0.15, 0.2) is 0 Å². The van der Waals surface area contributed by atoms with E-state index in [0.717, 1.165) is 111 Å². The fourth-order valence-electron chi connectivity index (χ4n) is 14.3. The number of furan rings is 2. The summed E-state index contributed by atoms with van der Waals surface area (Å²) in [4.78, 5) is 4.90. The third-order valence-corrected chi connectivity index (χ3v) is 18.5. The molecular weight excluding hydrogens is 1020 g/mol. The smallest absolute Gasteiger partial charge is 0.135 e. The summed E-state index contributed by atoms with van der Waals surface area (Å²) in [5, 5.41) is 4.38. The van der Waals surface area contributed by atoms with Gasteiger partial charge in [-0.2, -0.15) is 0 Å². The van der Waals surface area contributed by atoms with Crippen molar-refractivity contribution in [2.75, 3.05) is 9.80 Å². The molecule has 402 valence electrons. The number of hydrogen-bond donors (Lipinski definition) is 0. The monoisotopic (exact) mass is 1080 g/mol. The van der Waals surface area contributed by atoms with Gasteiger partial charge in [0.05, 0.1) is 11.4 Å². The molecule has 2 aliphatic rings. The molecular formula is C80H60N2O2. The Kier molecular flexibility index (Phi) is 11.0. The third kappa shape index (κ3) is 7.60. The lowest BCUT2D eigenvalue weighted by molar-refractivity contribution is 0.660. The molecule has 4 nitrogen and oxygen atoms in total. The van der Waals surface area contributed by atoms with Crippen LogP contribution in [0.1, 0.15) is 61.1 Å². The minimum Gasteiger partial charge on any atom is -0.456 e. The van der Waals surface area contributed by atoms with Crippen LogP contribution in [-0.4, -0.2) is 0 Å². The van der Waals surface area contributed by atoms with Gasteiger partial charge in [0, 0.05) is 66.3 Å². The van der Waals surface area contributed by atoms with Gasteiger partial charge >= 0.3 is 0 Å². The van der Waals surface area contributed by atoms with Crippen molar-refractivity contribution in [1.82, 2.24) is 0 Å². The Morgan fingerprint density at radius 3 is 1.06 bits per heavy atom. The largest absolute Gasteiger partial charge is 0.456 e. The van der Waals surface area contributed by atoms with E-state index in [1.54, 1.807) is 0 Å². The topological polar surface area (TPSA) is 32.8 Å². The molecule has 0 radical (unpaired) electrons. The lowest BCUT2D eigenvalue weighted by Crippen LogP contribution is -2.15. The molecule has 16 rings (SSSR count). The van der Waals surface area contributed by atoms with E-state index in [1.807, 2.05) is 12.1 Å². The maximum atomic E-state index is 6.41. The van der Waals surface area contributed by atoms with Crippen molar-refractivity contribution in [3.8, 4) is 55.6 Å². The first kappa shape index (κ1) is 49.6. The summed E-state index contributed by atoms with van der Waals surface area (Å²) in [6.45, 7) is 13.9. The van der Waals surface area contributed by atoms with Crippen LogP contribution in [0.25, 0.3) is 99.5 Å². The van der Waals surface area contributed by atoms with Gasteiger partial charge in [-0.25, -0.2) is 0 Å². The average Bonchev–Trinajstić information content (AvgIpc) is 2.94. The first-order chi connectivity index (χ1) is 41.0. The van der Waals surface area contributed by atoms with E-state index in [4.69, 9.17) is 8.83 Å². The Hall–Kier alpha value is -10.2. The van der Waals surface area contributed by atoms with Crippen LogP contribution in [-0.2, 0) is 10.8 Å². The van der Waals surface area contributed by atoms with Crippen LogP contribution in [0.4, 0.5) is 34.1 Å². The second-order valence-corrected chi connectivity index (χ2v) is 24.1. The molecule has 0 atom stereocenters. The Morgan fingerprint density at radius 2 is 0.619 bits per heavy atom. The van der Waals surface area contributed by atoms with Crippen molar-refractivity contribution < 1.29 is 8.83 Å². The van der Waals surface area contributed by atoms with Crippen LogP contribution in [0, 0.1) is 13.8 Å². The molecule has 0 aliphatic heterocycles. The van der Waals surface area contributed by atoms with E-state index in [-0.39, 0.29) is 10.8 Å². The highest BCUT2D eigenvalue weighted by atomic mass is 16.3. The van der Waals surface area contributed by atoms with Crippen molar-refractivity contribution in [1.29, 1.82) is 0 Å². The summed E-state index contributed by atoms with van der Waals surface area (Å²) < 4.78 is 12.8. The van der Waals surface area contributed by atoms with Crippen molar-refractivity contribution in [2.24, 2.45) is 0 Å². The van der Waals surface area contributed by atoms with Gasteiger partial charge in [-0.1, -0.05) is 185 Å². The number of aryl methyl sites for hydroxylation is 2. The summed E-state index contributed by atoms with van der Waals surface area (Å²) in [6.07, 6.45) is 0. The Bertz CT molecular complexity index is 4710. The fraction of sp³-hybridized carbons (Fsp3) is 0.100. The molecule has 0 fully saturated rings. The molecule has 2 aliphatic carbocycles. The molecule has 2 aromatic heterocycles. The quantitative estimate of drug-likeness (QED) is 0.144. The molecule has 2 heterocycles. The van der Waals surface area contributed by atoms with E-state index in [2.05, 4.69) is 294 Å². The number of para-hydroxylation sites is 4. The summed E-state index contributed by atoms with van der Waals surface area (Å²) in [7, 11) is 0. The van der Waals surface area contributed by atoms with Gasteiger partial charge in [0.1, 0.15) is 22.3 Å². The predicted octanol–water partition coefficient (Wildman–Crippen LogP) is 22.7. The zero-order valence-corrected chi connectivity index (χ0v) is 48.0. The minimum atomic E-state index is -0.131. The SMILES string of the molecule is Cc1cc(-c2ccc(N(c3ccc4oc5ccccc5c4c3)c3ccccc3-c3ccc4c(c3)C(C)(C)c3ccccc3-4)c(C)c2)ccc1N(c1ccc2oc3ccccc3c2c1)c1ccccc1-c1ccc2c(c1)C(C)(C)c1ccccc1-2. The summed E-state index contributed by atoms with van der Waals surface area (Å²) in [5.74, 6) is 0. The summed E-state index contributed by atoms with van der Waals surface area (Å²) in [5.41, 5.74) is 29.8. The van der Waals surface area contributed by atoms with Gasteiger partial charge in [-0.15, -0.1) is 0 Å². The Labute approximate surface area is 490 Å². The Balaban J connectivity index is 0.818. The van der Waals surface area contributed by atoms with Crippen LogP contribution < -0.4 is 9.80 Å². The predicted molar refractivity (Wildman–Crippen MR) is 351 cm³/mol. The summed E-state index contributed by atoms with van der Waals surface area (Å²) >= 11 is 0. The lowest BCUT2D eigenvalue weighted by atomic mass is 9.81. The van der Waals surface area contributed by atoms with E-state index in [9.17, 15) is 0 Å². The van der Waals surface area contributed by atoms with Crippen LogP contribution >= 0.6 is 0 Å². The van der Waals surface area contributed by atoms with Gasteiger partial charge in [-0.05, 0) is 189 Å². The highest BCUT2D eigenvalue weighted by Crippen LogP contribution is 2.54. The van der Waals surface area contributed by atoms with Crippen molar-refractivity contribution in [2.45, 2.75) is 52.4 Å². The molecule has 0 bridgehead atoms. The first-order valence-electron chi connectivity index (χ1n) is 29.3. The van der Waals surface area contributed by atoms with Gasteiger partial charge in [0.25, 0.3) is 0 Å². The zero-order valence-electron chi connectivity index (χ0n) is 48.0. The van der Waals surface area contributed by atoms with E-state index in [0.29, 0.717) is 0 Å². The number of anilines is 6. The van der Waals surface area contributed by atoms with Crippen molar-refractivity contribution in [3.05, 3.63) is 288 Å². The summed E-state index contributed by atoms with van der Waals surface area (Å²) in [6, 6.07) is 93.6. The molecule has 0 saturated heterocycles. The highest BCUT2D eigenvalue weighted by molar-refractivity contribution is 6.08. The number of hydrogen-bond acceptors (Lipinski definition) is 4. The first-order valence-corrected chi connectivity index (χ1v) is 29.3. The number of rotatable bonds is 9. The third-order valence-electron chi connectivity index (χ3n) is 18.5. The van der Waals surface area contributed by atoms with Gasteiger partial charge in [-0.3, -0.25) is 0 Å². The zero-order chi connectivity index (χ0) is 56.6. The van der Waals surface area contributed by atoms with Gasteiger partial charge in [0.2, 0.25) is 0 Å². The van der Waals surface area contributed by atoms with Crippen molar-refractivity contribution >= 4 is 78.0 Å². The fourth-order valence-corrected chi connectivity index (χ4v) is 14.3. The molecule has 4 heteroatoms. The van der Waals surface area contributed by atoms with E-state index < -0.39 is 0 Å².